The average molecular weight is 255 g/mol. The number of rotatable bonds is 1. The van der Waals surface area contributed by atoms with Gasteiger partial charge in [-0.1, -0.05) is 24.3 Å². The first-order valence-electron chi connectivity index (χ1n) is 6.96. The lowest BCUT2D eigenvalue weighted by atomic mass is 10.00. The van der Waals surface area contributed by atoms with Crippen molar-refractivity contribution in [1.82, 2.24) is 10.2 Å². The third-order valence-electron chi connectivity index (χ3n) is 4.67. The second-order valence-corrected chi connectivity index (χ2v) is 5.73. The third-order valence-corrected chi connectivity index (χ3v) is 4.67. The van der Waals surface area contributed by atoms with E-state index < -0.39 is 0 Å². The highest BCUT2D eigenvalue weighted by molar-refractivity contribution is 5.91. The first kappa shape index (κ1) is 11.2. The van der Waals surface area contributed by atoms with E-state index in [2.05, 4.69) is 27.2 Å². The van der Waals surface area contributed by atoms with E-state index in [1.54, 1.807) is 0 Å². The van der Waals surface area contributed by atoms with Gasteiger partial charge in [-0.3, -0.25) is 0 Å². The average Bonchev–Trinajstić information content (AvgIpc) is 3.01. The van der Waals surface area contributed by atoms with Crippen molar-refractivity contribution in [2.24, 2.45) is 11.8 Å². The molecule has 3 atom stereocenters. The van der Waals surface area contributed by atoms with Crippen LogP contribution in [0.25, 0.3) is 10.8 Å². The van der Waals surface area contributed by atoms with Crippen molar-refractivity contribution in [3.05, 3.63) is 30.5 Å². The topological polar surface area (TPSA) is 49.2 Å². The molecule has 19 heavy (non-hydrogen) atoms. The molecule has 2 fully saturated rings. The number of aliphatic hydroxyl groups excluding tert-OH is 1. The number of aliphatic hydroxyl groups is 1. The standard InChI is InChI=1S/C15H17N3O/c19-14-6-5-11-8-18(9-13(11)14)15-12-4-2-1-3-10(12)7-16-17-15/h1-4,7,11,13-14,19H,5-6,8-9H2. The Kier molecular flexibility index (Phi) is 2.45. The summed E-state index contributed by atoms with van der Waals surface area (Å²) in [5.74, 6) is 2.01. The molecule has 1 aromatic heterocycles. The van der Waals surface area contributed by atoms with Crippen molar-refractivity contribution in [1.29, 1.82) is 0 Å². The van der Waals surface area contributed by atoms with Gasteiger partial charge in [0.05, 0.1) is 12.3 Å². The van der Waals surface area contributed by atoms with Gasteiger partial charge >= 0.3 is 0 Å². The zero-order valence-corrected chi connectivity index (χ0v) is 10.7. The quantitative estimate of drug-likeness (QED) is 0.844. The van der Waals surface area contributed by atoms with E-state index >= 15 is 0 Å². The van der Waals surface area contributed by atoms with Crippen LogP contribution in [0.15, 0.2) is 30.5 Å². The molecule has 98 valence electrons. The Morgan fingerprint density at radius 2 is 2.05 bits per heavy atom. The molecule has 0 spiro atoms. The molecule has 0 amide bonds. The maximum atomic E-state index is 10.0. The van der Waals surface area contributed by atoms with Crippen molar-refractivity contribution in [2.75, 3.05) is 18.0 Å². The van der Waals surface area contributed by atoms with Crippen LogP contribution in [0, 0.1) is 11.8 Å². The van der Waals surface area contributed by atoms with Crippen LogP contribution in [0.1, 0.15) is 12.8 Å². The van der Waals surface area contributed by atoms with Gasteiger partial charge in [0.15, 0.2) is 5.82 Å². The van der Waals surface area contributed by atoms with Crippen LogP contribution < -0.4 is 4.90 Å². The first-order valence-corrected chi connectivity index (χ1v) is 6.96. The van der Waals surface area contributed by atoms with Crippen LogP contribution in [0.2, 0.25) is 0 Å². The second-order valence-electron chi connectivity index (χ2n) is 5.73. The van der Waals surface area contributed by atoms with Gasteiger partial charge in [-0.05, 0) is 18.8 Å². The van der Waals surface area contributed by atoms with Crippen LogP contribution in [-0.4, -0.2) is 34.5 Å². The summed E-state index contributed by atoms with van der Waals surface area (Å²) >= 11 is 0. The van der Waals surface area contributed by atoms with E-state index in [1.807, 2.05) is 18.3 Å². The Hall–Kier alpha value is -1.68. The van der Waals surface area contributed by atoms with Crippen LogP contribution >= 0.6 is 0 Å². The number of fused-ring (bicyclic) bond motifs is 2. The summed E-state index contributed by atoms with van der Waals surface area (Å²) in [6.07, 6.45) is 3.79. The molecule has 0 bridgehead atoms. The molecular formula is C15H17N3O. The third kappa shape index (κ3) is 1.70. The van der Waals surface area contributed by atoms with Gasteiger partial charge in [-0.15, -0.1) is 5.10 Å². The summed E-state index contributed by atoms with van der Waals surface area (Å²) in [7, 11) is 0. The summed E-state index contributed by atoms with van der Waals surface area (Å²) in [4.78, 5) is 2.30. The van der Waals surface area contributed by atoms with Gasteiger partial charge in [0.25, 0.3) is 0 Å². The first-order chi connectivity index (χ1) is 9.33. The Labute approximate surface area is 112 Å². The summed E-state index contributed by atoms with van der Waals surface area (Å²) in [5.41, 5.74) is 0. The predicted octanol–water partition coefficient (Wildman–Crippen LogP) is 1.84. The molecule has 1 N–H and O–H groups in total. The van der Waals surface area contributed by atoms with Crippen LogP contribution in [0.3, 0.4) is 0 Å². The SMILES string of the molecule is OC1CCC2CN(c3nncc4ccccc34)CC12. The van der Waals surface area contributed by atoms with Crippen LogP contribution in [0.4, 0.5) is 5.82 Å². The summed E-state index contributed by atoms with van der Waals surface area (Å²) in [6, 6.07) is 8.23. The Morgan fingerprint density at radius 1 is 1.16 bits per heavy atom. The molecule has 2 heterocycles. The van der Waals surface area contributed by atoms with E-state index in [9.17, 15) is 5.11 Å². The van der Waals surface area contributed by atoms with Crippen molar-refractivity contribution in [2.45, 2.75) is 18.9 Å². The fraction of sp³-hybridized carbons (Fsp3) is 0.467. The molecule has 2 aliphatic rings. The van der Waals surface area contributed by atoms with E-state index in [-0.39, 0.29) is 6.10 Å². The molecule has 4 heteroatoms. The smallest absolute Gasteiger partial charge is 0.159 e. The van der Waals surface area contributed by atoms with Crippen molar-refractivity contribution in [3.8, 4) is 0 Å². The van der Waals surface area contributed by atoms with Crippen LogP contribution in [0.5, 0.6) is 0 Å². The molecule has 2 aromatic rings. The van der Waals surface area contributed by atoms with Gasteiger partial charge in [-0.2, -0.15) is 5.10 Å². The molecule has 0 radical (unpaired) electrons. The zero-order chi connectivity index (χ0) is 12.8. The van der Waals surface area contributed by atoms with Gasteiger partial charge in [0, 0.05) is 29.8 Å². The highest BCUT2D eigenvalue weighted by Gasteiger charge is 2.42. The molecule has 1 saturated carbocycles. The second kappa shape index (κ2) is 4.17. The molecule has 1 aliphatic carbocycles. The Balaban J connectivity index is 1.72. The molecule has 1 aromatic carbocycles. The fourth-order valence-corrected chi connectivity index (χ4v) is 3.66. The van der Waals surface area contributed by atoms with Crippen LogP contribution in [-0.2, 0) is 0 Å². The van der Waals surface area contributed by atoms with E-state index in [0.717, 1.165) is 42.5 Å². The maximum absolute atomic E-state index is 10.0. The van der Waals surface area contributed by atoms with Gasteiger partial charge in [-0.25, -0.2) is 0 Å². The van der Waals surface area contributed by atoms with Crippen molar-refractivity contribution in [3.63, 3.8) is 0 Å². The van der Waals surface area contributed by atoms with E-state index in [1.165, 1.54) is 0 Å². The van der Waals surface area contributed by atoms with E-state index in [4.69, 9.17) is 0 Å². The highest BCUT2D eigenvalue weighted by atomic mass is 16.3. The largest absolute Gasteiger partial charge is 0.393 e. The zero-order valence-electron chi connectivity index (χ0n) is 10.7. The Bertz CT molecular complexity index is 610. The highest BCUT2D eigenvalue weighted by Crippen LogP contribution is 2.40. The van der Waals surface area contributed by atoms with Gasteiger partial charge in [0.2, 0.25) is 0 Å². The van der Waals surface area contributed by atoms with Crippen molar-refractivity contribution >= 4 is 16.6 Å². The number of hydrogen-bond acceptors (Lipinski definition) is 4. The monoisotopic (exact) mass is 255 g/mol. The van der Waals surface area contributed by atoms with Gasteiger partial charge < -0.3 is 10.0 Å². The van der Waals surface area contributed by atoms with E-state index in [0.29, 0.717) is 11.8 Å². The summed E-state index contributed by atoms with van der Waals surface area (Å²) in [5, 5.41) is 20.8. The molecule has 1 aliphatic heterocycles. The normalized spacial score (nSPS) is 29.9. The summed E-state index contributed by atoms with van der Waals surface area (Å²) in [6.45, 7) is 1.92. The number of nitrogens with zero attached hydrogens (tertiary/aromatic N) is 3. The minimum atomic E-state index is -0.127. The summed E-state index contributed by atoms with van der Waals surface area (Å²) < 4.78 is 0. The molecular weight excluding hydrogens is 238 g/mol. The minimum Gasteiger partial charge on any atom is -0.393 e. The van der Waals surface area contributed by atoms with Gasteiger partial charge in [0.1, 0.15) is 0 Å². The lowest BCUT2D eigenvalue weighted by Gasteiger charge is -2.20. The molecule has 4 rings (SSSR count). The predicted molar refractivity (Wildman–Crippen MR) is 74.0 cm³/mol. The lowest BCUT2D eigenvalue weighted by molar-refractivity contribution is 0.133. The number of hydrogen-bond donors (Lipinski definition) is 1. The fourth-order valence-electron chi connectivity index (χ4n) is 3.66. The number of aromatic nitrogens is 2. The Morgan fingerprint density at radius 3 is 2.95 bits per heavy atom. The molecule has 3 unspecified atom stereocenters. The minimum absolute atomic E-state index is 0.127. The molecule has 4 nitrogen and oxygen atoms in total. The number of anilines is 1. The lowest BCUT2D eigenvalue weighted by Crippen LogP contribution is -2.25. The molecule has 1 saturated heterocycles. The van der Waals surface area contributed by atoms with Crippen molar-refractivity contribution < 1.29 is 5.11 Å². The number of benzene rings is 1. The maximum Gasteiger partial charge on any atom is 0.159 e.